The van der Waals surface area contributed by atoms with Gasteiger partial charge in [0.2, 0.25) is 5.75 Å². The van der Waals surface area contributed by atoms with Crippen LogP contribution in [0.1, 0.15) is 11.1 Å². The average molecular weight is 510 g/mol. The van der Waals surface area contributed by atoms with Crippen molar-refractivity contribution in [2.75, 3.05) is 21.3 Å². The molecule has 0 N–H and O–H groups in total. The van der Waals surface area contributed by atoms with Crippen LogP contribution >= 0.6 is 34.9 Å². The van der Waals surface area contributed by atoms with E-state index < -0.39 is 0 Å². The van der Waals surface area contributed by atoms with E-state index in [2.05, 4.69) is 16.0 Å². The number of thiazole rings is 1. The van der Waals surface area contributed by atoms with E-state index in [0.29, 0.717) is 50.0 Å². The molecule has 0 amide bonds. The van der Waals surface area contributed by atoms with Gasteiger partial charge in [-0.1, -0.05) is 11.8 Å². The van der Waals surface area contributed by atoms with Crippen LogP contribution < -0.4 is 14.2 Å². The summed E-state index contributed by atoms with van der Waals surface area (Å²) < 4.78 is 17.2. The Morgan fingerprint density at radius 3 is 2.32 bits per heavy atom. The van der Waals surface area contributed by atoms with Crippen molar-refractivity contribution in [3.05, 3.63) is 59.4 Å². The molecular formula is C23H19N5O3S3. The molecule has 0 bridgehead atoms. The molecule has 172 valence electrons. The lowest BCUT2D eigenvalue weighted by atomic mass is 10.1. The lowest BCUT2D eigenvalue weighted by molar-refractivity contribution is 0.324. The molecule has 0 saturated carbocycles. The number of nitrogens with zero attached hydrogens (tertiary/aromatic N) is 5. The first-order chi connectivity index (χ1) is 16.7. The molecule has 0 atom stereocenters. The van der Waals surface area contributed by atoms with Gasteiger partial charge in [0.25, 0.3) is 0 Å². The highest BCUT2D eigenvalue weighted by atomic mass is 32.2. The smallest absolute Gasteiger partial charge is 0.203 e. The number of benzene rings is 1. The molecule has 8 nitrogen and oxygen atoms in total. The summed E-state index contributed by atoms with van der Waals surface area (Å²) in [7, 11) is 4.64. The van der Waals surface area contributed by atoms with Crippen molar-refractivity contribution in [2.24, 2.45) is 0 Å². The Kier molecular flexibility index (Phi) is 7.84. The maximum absolute atomic E-state index is 10.1. The number of methoxy groups -OCH3 is 3. The van der Waals surface area contributed by atoms with Crippen molar-refractivity contribution in [2.45, 2.75) is 20.3 Å². The summed E-state index contributed by atoms with van der Waals surface area (Å²) >= 11 is 4.30. The Balaban J connectivity index is 1.84. The van der Waals surface area contributed by atoms with E-state index in [1.807, 2.05) is 17.5 Å². The summed E-state index contributed by atoms with van der Waals surface area (Å²) in [5.41, 5.74) is 2.58. The second-order valence-electron chi connectivity index (χ2n) is 6.60. The number of pyridine rings is 1. The Bertz CT molecular complexity index is 1290. The van der Waals surface area contributed by atoms with Gasteiger partial charge < -0.3 is 14.2 Å². The largest absolute Gasteiger partial charge is 0.493 e. The molecule has 3 heterocycles. The van der Waals surface area contributed by atoms with E-state index in [4.69, 9.17) is 24.2 Å². The highest BCUT2D eigenvalue weighted by Gasteiger charge is 2.22. The summed E-state index contributed by atoms with van der Waals surface area (Å²) in [4.78, 5) is 17.8. The number of hydrogen-bond acceptors (Lipinski definition) is 11. The highest BCUT2D eigenvalue weighted by Crippen LogP contribution is 2.43. The third-order valence-corrected chi connectivity index (χ3v) is 7.41. The number of ether oxygens (including phenoxy) is 3. The highest BCUT2D eigenvalue weighted by molar-refractivity contribution is 8.01. The minimum absolute atomic E-state index is 0.350. The molecule has 0 saturated heterocycles. The second-order valence-corrected chi connectivity index (χ2v) is 9.68. The molecule has 1 aromatic carbocycles. The topological polar surface area (TPSA) is 103 Å². The molecule has 0 radical (unpaired) electrons. The molecule has 0 unspecified atom stereocenters. The molecule has 0 aliphatic rings. The number of thioether (sulfide) groups is 1. The number of hydrogen-bond donors (Lipinski definition) is 0. The summed E-state index contributed by atoms with van der Waals surface area (Å²) in [6, 6.07) is 9.73. The van der Waals surface area contributed by atoms with Crippen molar-refractivity contribution in [3.63, 3.8) is 0 Å². The number of aromatic nitrogens is 4. The molecule has 0 aliphatic carbocycles. The third kappa shape index (κ3) is 5.25. The SMILES string of the molecule is COc1cc(-c2nc(SCc3ccncc3)nc(Sc3nccs3)c2C#N)cc(OC)c1OC. The fraction of sp³-hybridized carbons (Fsp3) is 0.174. The first kappa shape index (κ1) is 23.8. The molecule has 0 fully saturated rings. The van der Waals surface area contributed by atoms with Gasteiger partial charge in [0, 0.05) is 35.3 Å². The number of rotatable bonds is 9. The maximum Gasteiger partial charge on any atom is 0.203 e. The fourth-order valence-electron chi connectivity index (χ4n) is 3.06. The van der Waals surface area contributed by atoms with E-state index in [9.17, 15) is 5.26 Å². The van der Waals surface area contributed by atoms with Gasteiger partial charge in [-0.3, -0.25) is 4.98 Å². The Morgan fingerprint density at radius 2 is 1.74 bits per heavy atom. The van der Waals surface area contributed by atoms with Crippen LogP contribution in [0.15, 0.2) is 62.8 Å². The Labute approximate surface area is 209 Å². The van der Waals surface area contributed by atoms with Gasteiger partial charge in [0.1, 0.15) is 16.7 Å². The van der Waals surface area contributed by atoms with Crippen LogP contribution in [-0.4, -0.2) is 41.3 Å². The molecule has 34 heavy (non-hydrogen) atoms. The zero-order valence-corrected chi connectivity index (χ0v) is 21.0. The van der Waals surface area contributed by atoms with Crippen LogP contribution in [-0.2, 0) is 5.75 Å². The van der Waals surface area contributed by atoms with Crippen LogP contribution in [0.3, 0.4) is 0 Å². The molecule has 0 spiro atoms. The minimum Gasteiger partial charge on any atom is -0.493 e. The molecule has 3 aromatic heterocycles. The van der Waals surface area contributed by atoms with E-state index in [0.717, 1.165) is 9.90 Å². The number of nitriles is 1. The summed E-state index contributed by atoms with van der Waals surface area (Å²) in [5, 5.41) is 13.0. The molecule has 0 aliphatic heterocycles. The Hall–Kier alpha value is -3.33. The van der Waals surface area contributed by atoms with Gasteiger partial charge in [-0.2, -0.15) is 5.26 Å². The summed E-state index contributed by atoms with van der Waals surface area (Å²) in [6.45, 7) is 0. The lowest BCUT2D eigenvalue weighted by Crippen LogP contribution is -2.01. The predicted octanol–water partition coefficient (Wildman–Crippen LogP) is 5.34. The van der Waals surface area contributed by atoms with Gasteiger partial charge in [-0.05, 0) is 41.6 Å². The normalized spacial score (nSPS) is 10.5. The second kappa shape index (κ2) is 11.2. The van der Waals surface area contributed by atoms with Crippen molar-refractivity contribution < 1.29 is 14.2 Å². The van der Waals surface area contributed by atoms with Gasteiger partial charge in [0.15, 0.2) is 21.0 Å². The monoisotopic (exact) mass is 509 g/mol. The summed E-state index contributed by atoms with van der Waals surface area (Å²) in [5.74, 6) is 2.06. The van der Waals surface area contributed by atoms with E-state index in [1.165, 1.54) is 34.9 Å². The van der Waals surface area contributed by atoms with Gasteiger partial charge >= 0.3 is 0 Å². The van der Waals surface area contributed by atoms with E-state index in [-0.39, 0.29) is 0 Å². The zero-order valence-electron chi connectivity index (χ0n) is 18.5. The minimum atomic E-state index is 0.350. The van der Waals surface area contributed by atoms with Gasteiger partial charge in [-0.15, -0.1) is 11.3 Å². The van der Waals surface area contributed by atoms with Crippen LogP contribution in [0, 0.1) is 11.3 Å². The van der Waals surface area contributed by atoms with Crippen LogP contribution in [0.4, 0.5) is 0 Å². The molecule has 4 rings (SSSR count). The van der Waals surface area contributed by atoms with Gasteiger partial charge in [0.05, 0.1) is 27.0 Å². The Morgan fingerprint density at radius 1 is 1.00 bits per heavy atom. The lowest BCUT2D eigenvalue weighted by Gasteiger charge is -2.15. The van der Waals surface area contributed by atoms with Gasteiger partial charge in [-0.25, -0.2) is 15.0 Å². The first-order valence-corrected chi connectivity index (χ1v) is 12.6. The predicted molar refractivity (Wildman–Crippen MR) is 132 cm³/mol. The summed E-state index contributed by atoms with van der Waals surface area (Å²) in [6.07, 6.45) is 5.22. The quantitative estimate of drug-likeness (QED) is 0.167. The maximum atomic E-state index is 10.1. The zero-order chi connectivity index (χ0) is 23.9. The molecular weight excluding hydrogens is 490 g/mol. The van der Waals surface area contributed by atoms with Crippen LogP contribution in [0.5, 0.6) is 17.2 Å². The van der Waals surface area contributed by atoms with Crippen molar-refractivity contribution >= 4 is 34.9 Å². The standard InChI is InChI=1S/C23H19N5O3S3/c1-29-17-10-15(11-18(30-2)20(17)31-3)19-16(12-24)21(34-23-26-8-9-32-23)28-22(27-19)33-13-14-4-6-25-7-5-14/h4-11H,13H2,1-3H3. The third-order valence-electron chi connectivity index (χ3n) is 4.62. The fourth-order valence-corrected chi connectivity index (χ4v) is 5.53. The van der Waals surface area contributed by atoms with Crippen LogP contribution in [0.2, 0.25) is 0 Å². The van der Waals surface area contributed by atoms with Crippen LogP contribution in [0.25, 0.3) is 11.3 Å². The van der Waals surface area contributed by atoms with E-state index >= 15 is 0 Å². The van der Waals surface area contributed by atoms with Crippen molar-refractivity contribution in [1.82, 2.24) is 19.9 Å². The van der Waals surface area contributed by atoms with Crippen molar-refractivity contribution in [1.29, 1.82) is 5.26 Å². The van der Waals surface area contributed by atoms with Crippen molar-refractivity contribution in [3.8, 4) is 34.6 Å². The average Bonchev–Trinajstić information content (AvgIpc) is 3.40. The molecule has 4 aromatic rings. The first-order valence-electron chi connectivity index (χ1n) is 9.88. The molecule has 11 heteroatoms. The van der Waals surface area contributed by atoms with E-state index in [1.54, 1.807) is 52.1 Å².